The zero-order chi connectivity index (χ0) is 22.5. The quantitative estimate of drug-likeness (QED) is 0.546. The van der Waals surface area contributed by atoms with Crippen molar-refractivity contribution in [1.82, 2.24) is 15.0 Å². The van der Waals surface area contributed by atoms with Gasteiger partial charge in [-0.15, -0.1) is 12.4 Å². The van der Waals surface area contributed by atoms with E-state index in [-0.39, 0.29) is 36.0 Å². The largest absolute Gasteiger partial charge is 0.360 e. The predicted octanol–water partition coefficient (Wildman–Crippen LogP) is 4.79. The molecule has 1 amide bonds. The van der Waals surface area contributed by atoms with Crippen LogP contribution in [0, 0.1) is 6.92 Å². The maximum absolute atomic E-state index is 13.6. The second kappa shape index (κ2) is 9.28. The van der Waals surface area contributed by atoms with Crippen LogP contribution < -0.4 is 16.6 Å². The first-order valence-electron chi connectivity index (χ1n) is 11.6. The molecule has 3 aromatic rings. The van der Waals surface area contributed by atoms with Gasteiger partial charge in [-0.05, 0) is 57.6 Å². The number of hydrogen-bond donors (Lipinski definition) is 2. The number of carbonyl (C=O) groups excluding carboxylic acids is 1. The minimum absolute atomic E-state index is 0. The molecule has 0 spiro atoms. The molecule has 7 nitrogen and oxygen atoms in total. The number of nitrogens with two attached hydrogens (primary N) is 1. The normalized spacial score (nSPS) is 22.8. The molecule has 2 aromatic heterocycles. The molecule has 0 radical (unpaired) electrons. The smallest absolute Gasteiger partial charge is 0.264 e. The van der Waals surface area contributed by atoms with Crippen LogP contribution in [0.4, 0.5) is 0 Å². The molecule has 2 heterocycles. The van der Waals surface area contributed by atoms with Crippen LogP contribution in [-0.2, 0) is 4.79 Å². The Bertz CT molecular complexity index is 1250. The van der Waals surface area contributed by atoms with Crippen LogP contribution in [0.1, 0.15) is 69.6 Å². The van der Waals surface area contributed by atoms with Gasteiger partial charge in [0.1, 0.15) is 16.7 Å². The second-order valence-electron chi connectivity index (χ2n) is 9.48. The van der Waals surface area contributed by atoms with Gasteiger partial charge in [-0.25, -0.2) is 0 Å². The summed E-state index contributed by atoms with van der Waals surface area (Å²) in [7, 11) is 0. The zero-order valence-corrected chi connectivity index (χ0v) is 20.3. The highest BCUT2D eigenvalue weighted by Crippen LogP contribution is 2.35. The van der Waals surface area contributed by atoms with Crippen LogP contribution in [0.3, 0.4) is 0 Å². The highest BCUT2D eigenvalue weighted by molar-refractivity contribution is 6.37. The third kappa shape index (κ3) is 4.15. The lowest BCUT2D eigenvalue weighted by Gasteiger charge is -2.36. The van der Waals surface area contributed by atoms with E-state index in [2.05, 4.69) is 10.5 Å². The van der Waals surface area contributed by atoms with E-state index in [1.165, 1.54) is 0 Å². The fourth-order valence-corrected chi connectivity index (χ4v) is 5.86. The van der Waals surface area contributed by atoms with Gasteiger partial charge in [0.05, 0.1) is 16.1 Å². The van der Waals surface area contributed by atoms with Gasteiger partial charge in [0.2, 0.25) is 5.91 Å². The highest BCUT2D eigenvalue weighted by atomic mass is 35.5. The summed E-state index contributed by atoms with van der Waals surface area (Å²) in [5, 5.41) is 9.08. The standard InChI is InChI=1S/C24H29ClN4O3.ClH/c1-14-19-21(28-32-14)20-17(25)9-6-10-18(20)29(22(19)30)16-8-5-7-15(13-16)27-23(31)24(26)11-3-2-4-12-24;/h6,9-10,15-16H,2-5,7-8,11-13,26H2,1H3,(H,27,31);1H. The number of amides is 1. The van der Waals surface area contributed by atoms with E-state index in [9.17, 15) is 9.59 Å². The molecule has 0 bridgehead atoms. The average molecular weight is 493 g/mol. The SMILES string of the molecule is Cc1onc2c1c(=O)n(C1CCCC(NC(=O)C3(N)CCCCC3)C1)c1cccc(Cl)c21.Cl. The number of hydrogen-bond acceptors (Lipinski definition) is 5. The topological polar surface area (TPSA) is 103 Å². The van der Waals surface area contributed by atoms with Crippen LogP contribution in [0.15, 0.2) is 27.5 Å². The number of aryl methyl sites for hydroxylation is 1. The number of benzene rings is 1. The Morgan fingerprint density at radius 3 is 2.73 bits per heavy atom. The van der Waals surface area contributed by atoms with Crippen molar-refractivity contribution < 1.29 is 9.32 Å². The van der Waals surface area contributed by atoms with Crippen LogP contribution >= 0.6 is 24.0 Å². The lowest BCUT2D eigenvalue weighted by atomic mass is 9.81. The van der Waals surface area contributed by atoms with E-state index in [4.69, 9.17) is 21.9 Å². The fraction of sp³-hybridized carbons (Fsp3) is 0.542. The van der Waals surface area contributed by atoms with E-state index in [0.29, 0.717) is 28.1 Å². The first-order valence-corrected chi connectivity index (χ1v) is 12.0. The van der Waals surface area contributed by atoms with Crippen molar-refractivity contribution in [3.8, 4) is 0 Å². The van der Waals surface area contributed by atoms with Gasteiger partial charge in [-0.1, -0.05) is 42.1 Å². The molecule has 1 aromatic carbocycles. The number of pyridine rings is 1. The number of carbonyl (C=O) groups is 1. The van der Waals surface area contributed by atoms with Crippen molar-refractivity contribution >= 4 is 51.7 Å². The molecule has 0 saturated heterocycles. The summed E-state index contributed by atoms with van der Waals surface area (Å²) >= 11 is 6.54. The molecule has 2 atom stereocenters. The molecular formula is C24H30Cl2N4O3. The molecule has 178 valence electrons. The van der Waals surface area contributed by atoms with Crippen LogP contribution in [-0.4, -0.2) is 27.2 Å². The Balaban J connectivity index is 0.00000259. The molecule has 0 aliphatic heterocycles. The number of aromatic nitrogens is 2. The van der Waals surface area contributed by atoms with Gasteiger partial charge >= 0.3 is 0 Å². The maximum Gasteiger partial charge on any atom is 0.264 e. The van der Waals surface area contributed by atoms with Gasteiger partial charge in [-0.2, -0.15) is 0 Å². The van der Waals surface area contributed by atoms with E-state index < -0.39 is 5.54 Å². The van der Waals surface area contributed by atoms with Gasteiger partial charge in [0.15, 0.2) is 0 Å². The summed E-state index contributed by atoms with van der Waals surface area (Å²) in [6.45, 7) is 1.75. The Hall–Kier alpha value is -2.09. The van der Waals surface area contributed by atoms with Crippen molar-refractivity contribution in [2.45, 2.75) is 82.3 Å². The number of rotatable bonds is 3. The Labute approximate surface area is 203 Å². The van der Waals surface area contributed by atoms with Crippen molar-refractivity contribution in [1.29, 1.82) is 0 Å². The highest BCUT2D eigenvalue weighted by Gasteiger charge is 2.37. The van der Waals surface area contributed by atoms with E-state index in [1.54, 1.807) is 13.0 Å². The second-order valence-corrected chi connectivity index (χ2v) is 9.89. The molecule has 3 N–H and O–H groups in total. The summed E-state index contributed by atoms with van der Waals surface area (Å²) in [4.78, 5) is 26.6. The first kappa shape index (κ1) is 24.0. The summed E-state index contributed by atoms with van der Waals surface area (Å²) in [6, 6.07) is 5.50. The van der Waals surface area contributed by atoms with E-state index in [1.807, 2.05) is 16.7 Å². The number of fused-ring (bicyclic) bond motifs is 3. The molecule has 2 unspecified atom stereocenters. The monoisotopic (exact) mass is 492 g/mol. The lowest BCUT2D eigenvalue weighted by Crippen LogP contribution is -2.57. The number of nitrogens with one attached hydrogen (secondary N) is 1. The maximum atomic E-state index is 13.6. The summed E-state index contributed by atoms with van der Waals surface area (Å²) < 4.78 is 7.20. The Morgan fingerprint density at radius 1 is 1.21 bits per heavy atom. The third-order valence-corrected chi connectivity index (χ3v) is 7.64. The average Bonchev–Trinajstić information content (AvgIpc) is 3.16. The molecule has 2 saturated carbocycles. The minimum atomic E-state index is -0.763. The van der Waals surface area contributed by atoms with Crippen LogP contribution in [0.2, 0.25) is 5.02 Å². The molecule has 2 aliphatic carbocycles. The van der Waals surface area contributed by atoms with Crippen molar-refractivity contribution in [3.05, 3.63) is 39.3 Å². The Kier molecular flexibility index (Phi) is 6.76. The Morgan fingerprint density at radius 2 is 1.97 bits per heavy atom. The first-order chi connectivity index (χ1) is 15.4. The predicted molar refractivity (Wildman–Crippen MR) is 132 cm³/mol. The molecular weight excluding hydrogens is 463 g/mol. The van der Waals surface area contributed by atoms with Crippen LogP contribution in [0.5, 0.6) is 0 Å². The zero-order valence-electron chi connectivity index (χ0n) is 18.7. The molecule has 9 heteroatoms. The molecule has 2 fully saturated rings. The third-order valence-electron chi connectivity index (χ3n) is 7.33. The number of nitrogens with zero attached hydrogens (tertiary/aromatic N) is 2. The van der Waals surface area contributed by atoms with E-state index >= 15 is 0 Å². The van der Waals surface area contributed by atoms with Crippen molar-refractivity contribution in [2.75, 3.05) is 0 Å². The summed E-state index contributed by atoms with van der Waals surface area (Å²) in [5.74, 6) is 0.442. The van der Waals surface area contributed by atoms with Crippen LogP contribution in [0.25, 0.3) is 21.8 Å². The minimum Gasteiger partial charge on any atom is -0.360 e. The van der Waals surface area contributed by atoms with Gasteiger partial charge in [0.25, 0.3) is 5.56 Å². The van der Waals surface area contributed by atoms with E-state index in [0.717, 1.165) is 62.3 Å². The number of halogens is 2. The van der Waals surface area contributed by atoms with Crippen molar-refractivity contribution in [3.63, 3.8) is 0 Å². The molecule has 2 aliphatic rings. The van der Waals surface area contributed by atoms with Gasteiger partial charge < -0.3 is 20.1 Å². The van der Waals surface area contributed by atoms with Crippen molar-refractivity contribution in [2.24, 2.45) is 5.73 Å². The molecule has 33 heavy (non-hydrogen) atoms. The van der Waals surface area contributed by atoms with Gasteiger partial charge in [-0.3, -0.25) is 9.59 Å². The summed E-state index contributed by atoms with van der Waals surface area (Å²) in [6.07, 6.45) is 7.96. The van der Waals surface area contributed by atoms with Gasteiger partial charge in [0, 0.05) is 17.5 Å². The molecule has 5 rings (SSSR count). The fourth-order valence-electron chi connectivity index (χ4n) is 5.60. The summed E-state index contributed by atoms with van der Waals surface area (Å²) in [5.41, 5.74) is 6.83. The lowest BCUT2D eigenvalue weighted by molar-refractivity contribution is -0.128.